The highest BCUT2D eigenvalue weighted by Gasteiger charge is 2.22. The number of H-pyrrole nitrogens is 3. The molecule has 0 radical (unpaired) electrons. The zero-order valence-electron chi connectivity index (χ0n) is 30.1. The smallest absolute Gasteiger partial charge is 0.323 e. The van der Waals surface area contributed by atoms with E-state index < -0.39 is 11.5 Å². The number of rotatable bonds is 9. The quantitative estimate of drug-likeness (QED) is 0.0610. The molecule has 5 aromatic rings. The van der Waals surface area contributed by atoms with Crippen LogP contribution in [0.15, 0.2) is 82.2 Å². The van der Waals surface area contributed by atoms with Gasteiger partial charge in [-0.15, -0.1) is 0 Å². The molecule has 4 heterocycles. The highest BCUT2D eigenvalue weighted by Crippen LogP contribution is 2.27. The fraction of sp³-hybridized carbons (Fsp3) is 0.333. The highest BCUT2D eigenvalue weighted by atomic mass is 35.5. The van der Waals surface area contributed by atoms with Crippen molar-refractivity contribution in [2.75, 3.05) is 32.1 Å². The Hall–Kier alpha value is -4.95. The number of fused-ring (bicyclic) bond motifs is 2. The number of hydrogen-bond acceptors (Lipinski definition) is 7. The molecule has 14 heteroatoms. The summed E-state index contributed by atoms with van der Waals surface area (Å²) in [5.41, 5.74) is 5.40. The number of aliphatic hydroxyl groups excluding tert-OH is 1. The topological polar surface area (TPSA) is 151 Å². The number of aromatic amines is 3. The first-order valence-corrected chi connectivity index (χ1v) is 17.6. The largest absolute Gasteiger partial charge is 0.400 e. The van der Waals surface area contributed by atoms with Crippen molar-refractivity contribution in [3.8, 4) is 0 Å². The van der Waals surface area contributed by atoms with Crippen LogP contribution in [0.25, 0.3) is 22.1 Å². The van der Waals surface area contributed by atoms with Gasteiger partial charge in [0.2, 0.25) is 6.41 Å². The van der Waals surface area contributed by atoms with Crippen LogP contribution in [0.1, 0.15) is 43.1 Å². The molecule has 2 fully saturated rings. The molecule has 1 atom stereocenters. The third-order valence-corrected chi connectivity index (χ3v) is 8.98. The van der Waals surface area contributed by atoms with Crippen LogP contribution in [0, 0.1) is 24.5 Å². The van der Waals surface area contributed by atoms with Gasteiger partial charge in [0.05, 0.1) is 40.4 Å². The number of amides is 1. The lowest BCUT2D eigenvalue weighted by Crippen LogP contribution is -2.34. The molecule has 2 saturated heterocycles. The predicted molar refractivity (Wildman–Crippen MR) is 207 cm³/mol. The van der Waals surface area contributed by atoms with E-state index in [9.17, 15) is 18.4 Å². The van der Waals surface area contributed by atoms with E-state index in [1.807, 2.05) is 18.2 Å². The van der Waals surface area contributed by atoms with Crippen molar-refractivity contribution in [3.05, 3.63) is 117 Å². The third-order valence-electron chi connectivity index (χ3n) is 8.75. The molecule has 53 heavy (non-hydrogen) atoms. The highest BCUT2D eigenvalue weighted by molar-refractivity contribution is 6.30. The number of benzene rings is 3. The first kappa shape index (κ1) is 40.8. The van der Waals surface area contributed by atoms with Gasteiger partial charge in [-0.25, -0.2) is 18.6 Å². The maximum Gasteiger partial charge on any atom is 0.323 e. The molecule has 0 saturated carbocycles. The minimum absolute atomic E-state index is 0.0303. The minimum Gasteiger partial charge on any atom is -0.400 e. The molecule has 0 bridgehead atoms. The van der Waals surface area contributed by atoms with E-state index in [0.717, 1.165) is 74.8 Å². The van der Waals surface area contributed by atoms with Gasteiger partial charge in [0, 0.05) is 36.4 Å². The Labute approximate surface area is 311 Å². The standard InChI is InChI=1S/C26H28ClFN4.C8H6FN3O2.C4H8O.CH4O/c1-18-7-10-24-25(15-18)31-26(30-24)17-32-13-11-20(12-14-32)23(29-2)6-4-3-5-19-8-9-21(27)16-22(19)28;9-4-1-6-7(12-8(14)11-6)2-5(4)10-3-13;1-4-2-3-5-4;1-2/h3-4,6-10,15-16,20H,2,5,11-14,17H2,1H3,(H,30,31);1-3H,(H,10,13)(H2,11,12,14);4H,2-3H2,1H3;2H,1H3/b4-3-,23-6-;;;/t;;4-;/m..1./s1. The van der Waals surface area contributed by atoms with Gasteiger partial charge in [-0.3, -0.25) is 14.7 Å². The molecule has 2 aliphatic heterocycles. The van der Waals surface area contributed by atoms with Crippen LogP contribution in [0.3, 0.4) is 0 Å². The normalized spacial score (nSPS) is 16.1. The van der Waals surface area contributed by atoms with E-state index >= 15 is 0 Å². The Morgan fingerprint density at radius 2 is 1.75 bits per heavy atom. The van der Waals surface area contributed by atoms with Crippen molar-refractivity contribution in [2.45, 2.75) is 52.2 Å². The van der Waals surface area contributed by atoms with E-state index in [1.54, 1.807) is 12.1 Å². The molecule has 282 valence electrons. The van der Waals surface area contributed by atoms with Gasteiger partial charge in [0.1, 0.15) is 17.5 Å². The van der Waals surface area contributed by atoms with Crippen LogP contribution in [-0.4, -0.2) is 76.0 Å². The maximum absolute atomic E-state index is 13.9. The Balaban J connectivity index is 0.000000244. The molecule has 5 N–H and O–H groups in total. The molecule has 0 aliphatic carbocycles. The van der Waals surface area contributed by atoms with Crippen molar-refractivity contribution in [2.24, 2.45) is 10.9 Å². The zero-order chi connectivity index (χ0) is 38.3. The number of nitrogens with one attached hydrogen (secondary N) is 4. The number of nitrogens with zero attached hydrogens (tertiary/aromatic N) is 3. The van der Waals surface area contributed by atoms with Gasteiger partial charge in [0.25, 0.3) is 0 Å². The molecule has 1 amide bonds. The summed E-state index contributed by atoms with van der Waals surface area (Å²) in [6.07, 6.45) is 10.7. The lowest BCUT2D eigenvalue weighted by atomic mass is 9.93. The van der Waals surface area contributed by atoms with Crippen LogP contribution >= 0.6 is 11.6 Å². The van der Waals surface area contributed by atoms with Gasteiger partial charge in [0.15, 0.2) is 0 Å². The number of aliphatic hydroxyl groups is 1. The van der Waals surface area contributed by atoms with Gasteiger partial charge in [-0.2, -0.15) is 0 Å². The van der Waals surface area contributed by atoms with E-state index in [4.69, 9.17) is 26.4 Å². The second-order valence-electron chi connectivity index (χ2n) is 12.6. The maximum atomic E-state index is 13.9. The van der Waals surface area contributed by atoms with Gasteiger partial charge >= 0.3 is 5.69 Å². The summed E-state index contributed by atoms with van der Waals surface area (Å²) in [5, 5.41) is 9.60. The molecular weight excluding hydrogens is 704 g/mol. The number of ether oxygens (including phenoxy) is 1. The van der Waals surface area contributed by atoms with Crippen LogP contribution < -0.4 is 11.0 Å². The van der Waals surface area contributed by atoms with Crippen molar-refractivity contribution < 1.29 is 23.4 Å². The Morgan fingerprint density at radius 1 is 1.06 bits per heavy atom. The van der Waals surface area contributed by atoms with Crippen molar-refractivity contribution in [1.29, 1.82) is 0 Å². The molecule has 7 rings (SSSR count). The number of anilines is 1. The van der Waals surface area contributed by atoms with Crippen LogP contribution in [0.2, 0.25) is 5.02 Å². The number of aliphatic imine (C=N–C) groups is 1. The van der Waals surface area contributed by atoms with Gasteiger partial charge in [-0.1, -0.05) is 35.9 Å². The zero-order valence-corrected chi connectivity index (χ0v) is 30.9. The molecular formula is C39H46ClF2N7O4. The summed E-state index contributed by atoms with van der Waals surface area (Å²) in [7, 11) is 1.00. The molecule has 0 spiro atoms. The van der Waals surface area contributed by atoms with Crippen molar-refractivity contribution in [1.82, 2.24) is 24.8 Å². The lowest BCUT2D eigenvalue weighted by molar-refractivity contribution is -0.105. The number of aryl methyl sites for hydroxylation is 1. The average molecular weight is 750 g/mol. The fourth-order valence-electron chi connectivity index (χ4n) is 5.80. The fourth-order valence-corrected chi connectivity index (χ4v) is 5.96. The first-order valence-electron chi connectivity index (χ1n) is 17.2. The molecule has 11 nitrogen and oxygen atoms in total. The van der Waals surface area contributed by atoms with Crippen LogP contribution in [0.5, 0.6) is 0 Å². The summed E-state index contributed by atoms with van der Waals surface area (Å²) in [6.45, 7) is 11.7. The first-order chi connectivity index (χ1) is 25.6. The van der Waals surface area contributed by atoms with E-state index in [-0.39, 0.29) is 11.5 Å². The summed E-state index contributed by atoms with van der Waals surface area (Å²) in [5.74, 6) is 0.526. The number of halogens is 3. The summed E-state index contributed by atoms with van der Waals surface area (Å²) >= 11 is 5.81. The van der Waals surface area contributed by atoms with Crippen molar-refractivity contribution >= 4 is 52.5 Å². The monoisotopic (exact) mass is 749 g/mol. The number of carbonyl (C=O) groups excluding carboxylic acids is 1. The predicted octanol–water partition coefficient (Wildman–Crippen LogP) is 7.23. The van der Waals surface area contributed by atoms with Crippen LogP contribution in [-0.2, 0) is 22.5 Å². The van der Waals surface area contributed by atoms with E-state index in [1.165, 1.54) is 24.1 Å². The number of allylic oxidation sites excluding steroid dienone is 4. The van der Waals surface area contributed by atoms with Gasteiger partial charge < -0.3 is 30.1 Å². The molecule has 0 unspecified atom stereocenters. The molecule has 2 aliphatic rings. The number of aromatic nitrogens is 4. The molecule has 2 aromatic heterocycles. The Kier molecular flexibility index (Phi) is 15.7. The number of piperidine rings is 1. The second kappa shape index (κ2) is 20.3. The molecule has 3 aromatic carbocycles. The number of imidazole rings is 2. The SMILES string of the molecule is C=N/C(=C\C=C/Cc1ccc(Cl)cc1F)C1CCN(Cc2nc3ccc(C)cc3[nH]2)CC1.CO.C[C@@H]1CCO1.O=CNc1cc2[nH]c(=O)[nH]c2cc1F. The summed E-state index contributed by atoms with van der Waals surface area (Å²) in [4.78, 5) is 40.7. The second-order valence-corrected chi connectivity index (χ2v) is 13.0. The minimum atomic E-state index is -0.597. The van der Waals surface area contributed by atoms with E-state index in [0.29, 0.717) is 46.5 Å². The van der Waals surface area contributed by atoms with Gasteiger partial charge in [-0.05, 0) is 107 Å². The van der Waals surface area contributed by atoms with Crippen molar-refractivity contribution in [3.63, 3.8) is 0 Å². The number of carbonyl (C=O) groups is 1. The third kappa shape index (κ3) is 12.0. The lowest BCUT2D eigenvalue weighted by Gasteiger charge is -2.31. The number of likely N-dealkylation sites (tertiary alicyclic amines) is 1. The van der Waals surface area contributed by atoms with Crippen LogP contribution in [0.4, 0.5) is 14.5 Å². The van der Waals surface area contributed by atoms with E-state index in [2.05, 4.69) is 68.9 Å². The summed E-state index contributed by atoms with van der Waals surface area (Å²) in [6, 6.07) is 13.6. The summed E-state index contributed by atoms with van der Waals surface area (Å²) < 4.78 is 32.0. The Morgan fingerprint density at radius 3 is 2.38 bits per heavy atom. The average Bonchev–Trinajstić information content (AvgIpc) is 3.71. The number of hydrogen-bond donors (Lipinski definition) is 5. The Bertz CT molecular complexity index is 2080.